The third-order valence-electron chi connectivity index (χ3n) is 3.66. The highest BCUT2D eigenvalue weighted by atomic mass is 32.1. The maximum atomic E-state index is 12.4. The van der Waals surface area contributed by atoms with E-state index in [-0.39, 0.29) is 12.1 Å². The van der Waals surface area contributed by atoms with Gasteiger partial charge in [-0.15, -0.1) is 11.3 Å². The van der Waals surface area contributed by atoms with Crippen LogP contribution in [0, 0.1) is 5.92 Å². The summed E-state index contributed by atoms with van der Waals surface area (Å²) in [6.45, 7) is 9.66. The zero-order valence-electron chi connectivity index (χ0n) is 16.7. The van der Waals surface area contributed by atoms with Crippen LogP contribution in [0.1, 0.15) is 38.4 Å². The fourth-order valence-electron chi connectivity index (χ4n) is 2.56. The van der Waals surface area contributed by atoms with Crippen LogP contribution < -0.4 is 14.8 Å². The van der Waals surface area contributed by atoms with Crippen LogP contribution in [0.2, 0.25) is 0 Å². The number of methoxy groups -OCH3 is 1. The first-order valence-corrected chi connectivity index (χ1v) is 10.0. The Bertz CT molecular complexity index is 731. The number of para-hydroxylation sites is 2. The quantitative estimate of drug-likeness (QED) is 0.692. The normalized spacial score (nSPS) is 10.9. The minimum absolute atomic E-state index is 0.0569. The standard InChI is InChI=1S/C20H29N3O3S/c1-14(2)10-23(20(24)21-15(3)4)11-16-13-27-19(22-16)12-26-18-9-7-6-8-17(18)25-5/h6-9,13-15H,10-12H2,1-5H3,(H,21,24). The summed E-state index contributed by atoms with van der Waals surface area (Å²) < 4.78 is 11.1. The molecule has 0 saturated carbocycles. The Labute approximate surface area is 165 Å². The first kappa shape index (κ1) is 21.0. The molecular weight excluding hydrogens is 362 g/mol. The van der Waals surface area contributed by atoms with E-state index < -0.39 is 0 Å². The van der Waals surface area contributed by atoms with Crippen molar-refractivity contribution in [1.82, 2.24) is 15.2 Å². The summed E-state index contributed by atoms with van der Waals surface area (Å²) in [7, 11) is 1.62. The van der Waals surface area contributed by atoms with Gasteiger partial charge in [-0.2, -0.15) is 0 Å². The number of hydrogen-bond acceptors (Lipinski definition) is 5. The van der Waals surface area contributed by atoms with Crippen LogP contribution in [0.15, 0.2) is 29.6 Å². The van der Waals surface area contributed by atoms with Gasteiger partial charge in [0, 0.05) is 18.0 Å². The highest BCUT2D eigenvalue weighted by molar-refractivity contribution is 7.09. The Hall–Kier alpha value is -2.28. The average Bonchev–Trinajstić information content (AvgIpc) is 3.06. The van der Waals surface area contributed by atoms with Crippen molar-refractivity contribution in [3.63, 3.8) is 0 Å². The third-order valence-corrected chi connectivity index (χ3v) is 4.53. The first-order valence-electron chi connectivity index (χ1n) is 9.13. The average molecular weight is 392 g/mol. The molecule has 0 saturated heterocycles. The Morgan fingerprint density at radius 3 is 2.56 bits per heavy atom. The van der Waals surface area contributed by atoms with E-state index in [1.165, 1.54) is 11.3 Å². The number of carbonyl (C=O) groups excluding carboxylic acids is 1. The molecule has 0 unspecified atom stereocenters. The van der Waals surface area contributed by atoms with Crippen molar-refractivity contribution in [2.75, 3.05) is 13.7 Å². The zero-order valence-corrected chi connectivity index (χ0v) is 17.5. The van der Waals surface area contributed by atoms with Gasteiger partial charge >= 0.3 is 6.03 Å². The summed E-state index contributed by atoms with van der Waals surface area (Å²) in [4.78, 5) is 18.9. The topological polar surface area (TPSA) is 63.7 Å². The molecule has 1 aromatic heterocycles. The van der Waals surface area contributed by atoms with Crippen LogP contribution in [0.3, 0.4) is 0 Å². The van der Waals surface area contributed by atoms with E-state index >= 15 is 0 Å². The van der Waals surface area contributed by atoms with E-state index in [9.17, 15) is 4.79 Å². The van der Waals surface area contributed by atoms with Gasteiger partial charge < -0.3 is 19.7 Å². The lowest BCUT2D eigenvalue weighted by molar-refractivity contribution is 0.184. The third kappa shape index (κ3) is 6.75. The number of hydrogen-bond donors (Lipinski definition) is 1. The second kappa shape index (κ2) is 10.2. The number of aromatic nitrogens is 1. The fourth-order valence-corrected chi connectivity index (χ4v) is 3.26. The predicted octanol–water partition coefficient (Wildman–Crippen LogP) is 4.31. The predicted molar refractivity (Wildman–Crippen MR) is 108 cm³/mol. The molecule has 0 aliphatic rings. The highest BCUT2D eigenvalue weighted by Gasteiger charge is 2.17. The maximum absolute atomic E-state index is 12.4. The van der Waals surface area contributed by atoms with Crippen LogP contribution in [0.5, 0.6) is 11.5 Å². The van der Waals surface area contributed by atoms with Crippen LogP contribution in [-0.4, -0.2) is 35.6 Å². The van der Waals surface area contributed by atoms with Crippen molar-refractivity contribution in [2.24, 2.45) is 5.92 Å². The van der Waals surface area contributed by atoms with Gasteiger partial charge in [0.1, 0.15) is 11.6 Å². The van der Waals surface area contributed by atoms with Crippen molar-refractivity contribution >= 4 is 17.4 Å². The number of rotatable bonds is 9. The lowest BCUT2D eigenvalue weighted by atomic mass is 10.2. The van der Waals surface area contributed by atoms with Crippen LogP contribution in [0.25, 0.3) is 0 Å². The van der Waals surface area contributed by atoms with Crippen molar-refractivity contribution < 1.29 is 14.3 Å². The lowest BCUT2D eigenvalue weighted by Crippen LogP contribution is -2.44. The van der Waals surface area contributed by atoms with E-state index in [2.05, 4.69) is 24.1 Å². The molecule has 0 aliphatic heterocycles. The molecule has 1 aromatic carbocycles. The molecule has 0 bridgehead atoms. The van der Waals surface area contributed by atoms with Gasteiger partial charge in [0.2, 0.25) is 0 Å². The van der Waals surface area contributed by atoms with E-state index in [0.29, 0.717) is 37.1 Å². The second-order valence-corrected chi connectivity index (χ2v) is 7.99. The van der Waals surface area contributed by atoms with Crippen molar-refractivity contribution in [3.8, 4) is 11.5 Å². The summed E-state index contributed by atoms with van der Waals surface area (Å²) >= 11 is 1.53. The Morgan fingerprint density at radius 1 is 1.22 bits per heavy atom. The monoisotopic (exact) mass is 391 g/mol. The van der Waals surface area contributed by atoms with Gasteiger partial charge in [0.15, 0.2) is 11.5 Å². The van der Waals surface area contributed by atoms with Crippen LogP contribution in [-0.2, 0) is 13.2 Å². The number of amides is 2. The Morgan fingerprint density at radius 2 is 1.93 bits per heavy atom. The molecule has 0 radical (unpaired) electrons. The molecule has 0 spiro atoms. The van der Waals surface area contributed by atoms with Gasteiger partial charge in [-0.05, 0) is 31.9 Å². The van der Waals surface area contributed by atoms with Gasteiger partial charge in [-0.25, -0.2) is 9.78 Å². The summed E-state index contributed by atoms with van der Waals surface area (Å²) in [5.41, 5.74) is 0.873. The van der Waals surface area contributed by atoms with E-state index in [0.717, 1.165) is 10.7 Å². The SMILES string of the molecule is COc1ccccc1OCc1nc(CN(CC(C)C)C(=O)NC(C)C)cs1. The van der Waals surface area contributed by atoms with Gasteiger partial charge in [-0.1, -0.05) is 26.0 Å². The second-order valence-electron chi connectivity index (χ2n) is 7.05. The number of benzene rings is 1. The van der Waals surface area contributed by atoms with Crippen molar-refractivity contribution in [3.05, 3.63) is 40.3 Å². The van der Waals surface area contributed by atoms with Gasteiger partial charge in [0.05, 0.1) is 19.3 Å². The molecule has 2 rings (SSSR count). The minimum Gasteiger partial charge on any atom is -0.493 e. The summed E-state index contributed by atoms with van der Waals surface area (Å²) in [5.74, 6) is 1.77. The van der Waals surface area contributed by atoms with E-state index in [1.54, 1.807) is 7.11 Å². The van der Waals surface area contributed by atoms with E-state index in [1.807, 2.05) is 48.4 Å². The molecule has 0 atom stereocenters. The summed E-state index contributed by atoms with van der Waals surface area (Å²) in [6, 6.07) is 7.58. The molecule has 27 heavy (non-hydrogen) atoms. The number of nitrogens with zero attached hydrogens (tertiary/aromatic N) is 2. The maximum Gasteiger partial charge on any atom is 0.317 e. The molecule has 148 valence electrons. The van der Waals surface area contributed by atoms with Gasteiger partial charge in [-0.3, -0.25) is 0 Å². The number of ether oxygens (including phenoxy) is 2. The summed E-state index contributed by atoms with van der Waals surface area (Å²) in [6.07, 6.45) is 0. The molecule has 2 aromatic rings. The number of urea groups is 1. The number of thiazole rings is 1. The van der Waals surface area contributed by atoms with Crippen LogP contribution in [0.4, 0.5) is 4.79 Å². The lowest BCUT2D eigenvalue weighted by Gasteiger charge is -2.25. The molecule has 7 heteroatoms. The minimum atomic E-state index is -0.0569. The van der Waals surface area contributed by atoms with Gasteiger partial charge in [0.25, 0.3) is 0 Å². The Kier molecular flexibility index (Phi) is 7.91. The molecule has 6 nitrogen and oxygen atoms in total. The molecular formula is C20H29N3O3S. The smallest absolute Gasteiger partial charge is 0.317 e. The highest BCUT2D eigenvalue weighted by Crippen LogP contribution is 2.27. The first-order chi connectivity index (χ1) is 12.9. The summed E-state index contributed by atoms with van der Waals surface area (Å²) in [5, 5.41) is 5.81. The van der Waals surface area contributed by atoms with Crippen LogP contribution >= 0.6 is 11.3 Å². The van der Waals surface area contributed by atoms with Crippen molar-refractivity contribution in [2.45, 2.75) is 46.9 Å². The Balaban J connectivity index is 1.99. The molecule has 0 fully saturated rings. The fraction of sp³-hybridized carbons (Fsp3) is 0.500. The molecule has 2 amide bonds. The van der Waals surface area contributed by atoms with E-state index in [4.69, 9.17) is 9.47 Å². The number of carbonyl (C=O) groups is 1. The van der Waals surface area contributed by atoms with Crippen molar-refractivity contribution in [1.29, 1.82) is 0 Å². The molecule has 0 aliphatic carbocycles. The molecule has 1 N–H and O–H groups in total. The molecule has 1 heterocycles. The number of nitrogens with one attached hydrogen (secondary N) is 1. The zero-order chi connectivity index (χ0) is 19.8. The largest absolute Gasteiger partial charge is 0.493 e.